The van der Waals surface area contributed by atoms with Gasteiger partial charge in [0.05, 0.1) is 18.6 Å². The van der Waals surface area contributed by atoms with Gasteiger partial charge in [0.15, 0.2) is 0 Å². The number of hydrogen-bond acceptors (Lipinski definition) is 4. The molecular weight excluding hydrogens is 292 g/mol. The molecule has 1 amide bonds. The molecule has 1 aromatic rings. The van der Waals surface area contributed by atoms with E-state index >= 15 is 0 Å². The van der Waals surface area contributed by atoms with E-state index in [-0.39, 0.29) is 5.54 Å². The summed E-state index contributed by atoms with van der Waals surface area (Å²) in [5.74, 6) is 0.308. The Kier molecular flexibility index (Phi) is 5.02. The quantitative estimate of drug-likeness (QED) is 0.823. The number of nitrogens with zero attached hydrogens (tertiary/aromatic N) is 4. The molecule has 0 N–H and O–H groups in total. The number of hydrogen-bond donors (Lipinski definition) is 0. The molecule has 1 atom stereocenters. The van der Waals surface area contributed by atoms with Crippen LogP contribution in [0.3, 0.4) is 0 Å². The first-order valence-electron chi connectivity index (χ1n) is 8.62. The van der Waals surface area contributed by atoms with Gasteiger partial charge in [-0.05, 0) is 32.2 Å². The number of imidazole rings is 1. The minimum absolute atomic E-state index is 0.0663. The van der Waals surface area contributed by atoms with E-state index in [1.807, 2.05) is 19.6 Å². The van der Waals surface area contributed by atoms with Crippen LogP contribution in [0.4, 0.5) is 0 Å². The highest BCUT2D eigenvalue weighted by atomic mass is 16.5. The van der Waals surface area contributed by atoms with E-state index in [0.29, 0.717) is 18.9 Å². The van der Waals surface area contributed by atoms with Gasteiger partial charge in [-0.1, -0.05) is 0 Å². The van der Waals surface area contributed by atoms with Gasteiger partial charge in [0.25, 0.3) is 0 Å². The van der Waals surface area contributed by atoms with Gasteiger partial charge in [-0.15, -0.1) is 0 Å². The Labute approximate surface area is 138 Å². The van der Waals surface area contributed by atoms with E-state index < -0.39 is 0 Å². The minimum atomic E-state index is 0.0663. The molecule has 0 aromatic carbocycles. The van der Waals surface area contributed by atoms with E-state index in [2.05, 4.69) is 19.4 Å². The molecule has 6 heteroatoms. The lowest BCUT2D eigenvalue weighted by Gasteiger charge is -2.38. The zero-order valence-corrected chi connectivity index (χ0v) is 14.3. The average Bonchev–Trinajstić information content (AvgIpc) is 2.99. The Morgan fingerprint density at radius 1 is 1.30 bits per heavy atom. The van der Waals surface area contributed by atoms with Crippen LogP contribution in [0.15, 0.2) is 12.5 Å². The lowest BCUT2D eigenvalue weighted by molar-refractivity contribution is -0.132. The molecule has 128 valence electrons. The molecule has 0 bridgehead atoms. The van der Waals surface area contributed by atoms with Gasteiger partial charge in [-0.25, -0.2) is 4.98 Å². The van der Waals surface area contributed by atoms with Gasteiger partial charge in [0.1, 0.15) is 0 Å². The van der Waals surface area contributed by atoms with Gasteiger partial charge < -0.3 is 14.2 Å². The summed E-state index contributed by atoms with van der Waals surface area (Å²) in [5.41, 5.74) is 1.32. The van der Waals surface area contributed by atoms with E-state index in [1.165, 1.54) is 5.69 Å². The predicted octanol–water partition coefficient (Wildman–Crippen LogP) is 1.41. The fraction of sp³-hybridized carbons (Fsp3) is 0.765. The molecule has 3 rings (SSSR count). The van der Waals surface area contributed by atoms with Crippen LogP contribution in [-0.4, -0.2) is 64.1 Å². The number of amides is 1. The minimum Gasteiger partial charge on any atom is -0.383 e. The largest absolute Gasteiger partial charge is 0.383 e. The van der Waals surface area contributed by atoms with Crippen molar-refractivity contribution in [3.63, 3.8) is 0 Å². The molecule has 1 spiro atoms. The molecule has 3 heterocycles. The molecule has 2 fully saturated rings. The SMILES string of the molecule is COCCN1C(=O)CC[C@]12CCCN(Cc1cncn1C)CC2. The number of aromatic nitrogens is 2. The van der Waals surface area contributed by atoms with Crippen LogP contribution in [0, 0.1) is 0 Å². The average molecular weight is 320 g/mol. The lowest BCUT2D eigenvalue weighted by Crippen LogP contribution is -2.47. The van der Waals surface area contributed by atoms with E-state index in [0.717, 1.165) is 51.9 Å². The molecule has 2 aliphatic heterocycles. The molecule has 0 saturated carbocycles. The molecular formula is C17H28N4O2. The summed E-state index contributed by atoms with van der Waals surface area (Å²) in [6, 6.07) is 0. The van der Waals surface area contributed by atoms with Crippen molar-refractivity contribution in [3.05, 3.63) is 18.2 Å². The van der Waals surface area contributed by atoms with Crippen molar-refractivity contribution < 1.29 is 9.53 Å². The molecule has 1 aromatic heterocycles. The lowest BCUT2D eigenvalue weighted by atomic mass is 9.88. The van der Waals surface area contributed by atoms with Crippen LogP contribution in [-0.2, 0) is 23.1 Å². The van der Waals surface area contributed by atoms with Crippen molar-refractivity contribution in [2.45, 2.75) is 44.2 Å². The maximum Gasteiger partial charge on any atom is 0.223 e. The molecule has 0 aliphatic carbocycles. The number of methoxy groups -OCH3 is 1. The molecule has 0 unspecified atom stereocenters. The topological polar surface area (TPSA) is 50.6 Å². The Balaban J connectivity index is 1.65. The highest BCUT2D eigenvalue weighted by Crippen LogP contribution is 2.39. The van der Waals surface area contributed by atoms with Crippen LogP contribution < -0.4 is 0 Å². The summed E-state index contributed by atoms with van der Waals surface area (Å²) in [6.07, 6.45) is 8.85. The molecule has 0 radical (unpaired) electrons. The number of carbonyl (C=O) groups excluding carboxylic acids is 1. The predicted molar refractivity (Wildman–Crippen MR) is 87.9 cm³/mol. The highest BCUT2D eigenvalue weighted by molar-refractivity contribution is 5.79. The normalized spacial score (nSPS) is 26.2. The van der Waals surface area contributed by atoms with Crippen molar-refractivity contribution >= 4 is 5.91 Å². The van der Waals surface area contributed by atoms with Gasteiger partial charge >= 0.3 is 0 Å². The Morgan fingerprint density at radius 3 is 2.91 bits per heavy atom. The van der Waals surface area contributed by atoms with Crippen molar-refractivity contribution in [2.24, 2.45) is 7.05 Å². The van der Waals surface area contributed by atoms with Crippen molar-refractivity contribution in [1.82, 2.24) is 19.4 Å². The van der Waals surface area contributed by atoms with Crippen LogP contribution in [0.5, 0.6) is 0 Å². The monoisotopic (exact) mass is 320 g/mol. The number of ether oxygens (including phenoxy) is 1. The molecule has 2 saturated heterocycles. The Bertz CT molecular complexity index is 544. The van der Waals surface area contributed by atoms with Crippen LogP contribution >= 0.6 is 0 Å². The summed E-state index contributed by atoms with van der Waals surface area (Å²) < 4.78 is 7.30. The third-order valence-electron chi connectivity index (χ3n) is 5.51. The maximum atomic E-state index is 12.3. The van der Waals surface area contributed by atoms with Crippen LogP contribution in [0.25, 0.3) is 0 Å². The zero-order valence-electron chi connectivity index (χ0n) is 14.3. The third-order valence-corrected chi connectivity index (χ3v) is 5.51. The second-order valence-corrected chi connectivity index (χ2v) is 6.89. The summed E-state index contributed by atoms with van der Waals surface area (Å²) in [4.78, 5) is 21.1. The third kappa shape index (κ3) is 3.43. The van der Waals surface area contributed by atoms with Crippen LogP contribution in [0.2, 0.25) is 0 Å². The number of likely N-dealkylation sites (tertiary alicyclic amines) is 2. The summed E-state index contributed by atoms with van der Waals surface area (Å²) >= 11 is 0. The maximum absolute atomic E-state index is 12.3. The smallest absolute Gasteiger partial charge is 0.223 e. The molecule has 2 aliphatic rings. The van der Waals surface area contributed by atoms with E-state index in [1.54, 1.807) is 7.11 Å². The number of aryl methyl sites for hydroxylation is 1. The summed E-state index contributed by atoms with van der Waals surface area (Å²) in [7, 11) is 3.75. The van der Waals surface area contributed by atoms with E-state index in [4.69, 9.17) is 4.74 Å². The zero-order chi connectivity index (χ0) is 16.3. The highest BCUT2D eigenvalue weighted by Gasteiger charge is 2.45. The number of rotatable bonds is 5. The first kappa shape index (κ1) is 16.5. The first-order valence-corrected chi connectivity index (χ1v) is 8.62. The Hall–Kier alpha value is -1.40. The van der Waals surface area contributed by atoms with Crippen LogP contribution in [0.1, 0.15) is 37.8 Å². The van der Waals surface area contributed by atoms with Gasteiger partial charge in [0.2, 0.25) is 5.91 Å². The first-order chi connectivity index (χ1) is 11.1. The van der Waals surface area contributed by atoms with Crippen molar-refractivity contribution in [1.29, 1.82) is 0 Å². The van der Waals surface area contributed by atoms with Crippen molar-refractivity contribution in [3.8, 4) is 0 Å². The second kappa shape index (κ2) is 7.01. The second-order valence-electron chi connectivity index (χ2n) is 6.89. The summed E-state index contributed by atoms with van der Waals surface area (Å²) in [5, 5.41) is 0. The fourth-order valence-corrected chi connectivity index (χ4v) is 4.10. The van der Waals surface area contributed by atoms with Crippen molar-refractivity contribution in [2.75, 3.05) is 33.4 Å². The van der Waals surface area contributed by atoms with Gasteiger partial charge in [-0.2, -0.15) is 0 Å². The standard InChI is InChI=1S/C17H28N4O2/c1-19-14-18-12-15(19)13-20-8-3-5-17(7-9-20)6-4-16(22)21(17)10-11-23-2/h12,14H,3-11,13H2,1-2H3/t17-/m0/s1. The molecule has 6 nitrogen and oxygen atoms in total. The van der Waals surface area contributed by atoms with Gasteiger partial charge in [-0.3, -0.25) is 9.69 Å². The van der Waals surface area contributed by atoms with Gasteiger partial charge in [0, 0.05) is 51.9 Å². The molecule has 23 heavy (non-hydrogen) atoms. The summed E-state index contributed by atoms with van der Waals surface area (Å²) in [6.45, 7) is 4.45. The Morgan fingerprint density at radius 2 is 2.17 bits per heavy atom. The fourth-order valence-electron chi connectivity index (χ4n) is 4.10. The number of carbonyl (C=O) groups is 1. The van der Waals surface area contributed by atoms with E-state index in [9.17, 15) is 4.79 Å².